The number of ether oxygens (including phenoxy) is 1. The Morgan fingerprint density at radius 2 is 2.14 bits per heavy atom. The van der Waals surface area contributed by atoms with Crippen LogP contribution in [0.15, 0.2) is 30.5 Å². The highest BCUT2D eigenvalue weighted by molar-refractivity contribution is 5.32. The van der Waals surface area contributed by atoms with Gasteiger partial charge in [-0.15, -0.1) is 5.10 Å². The first-order valence-corrected chi connectivity index (χ1v) is 7.04. The summed E-state index contributed by atoms with van der Waals surface area (Å²) >= 11 is 0. The van der Waals surface area contributed by atoms with Crippen molar-refractivity contribution >= 4 is 5.82 Å². The van der Waals surface area contributed by atoms with E-state index in [9.17, 15) is 0 Å². The molecule has 0 spiro atoms. The van der Waals surface area contributed by atoms with Gasteiger partial charge in [0.25, 0.3) is 0 Å². The number of methoxy groups -OCH3 is 1. The van der Waals surface area contributed by atoms with Gasteiger partial charge in [-0.3, -0.25) is 0 Å². The van der Waals surface area contributed by atoms with Crippen molar-refractivity contribution in [2.75, 3.05) is 19.4 Å². The van der Waals surface area contributed by atoms with Crippen molar-refractivity contribution in [1.82, 2.24) is 20.5 Å². The quantitative estimate of drug-likeness (QED) is 0.807. The summed E-state index contributed by atoms with van der Waals surface area (Å²) < 4.78 is 5.05. The molecule has 0 saturated carbocycles. The minimum Gasteiger partial charge on any atom is -0.480 e. The molecule has 2 heterocycles. The van der Waals surface area contributed by atoms with Crippen LogP contribution in [0, 0.1) is 0 Å². The molecule has 21 heavy (non-hydrogen) atoms. The molecule has 0 fully saturated rings. The molecule has 0 aliphatic heterocycles. The Morgan fingerprint density at radius 1 is 1.29 bits per heavy atom. The lowest BCUT2D eigenvalue weighted by atomic mass is 10.0. The number of nitrogen functional groups attached to an aromatic ring is 1. The number of hydrogen-bond acceptors (Lipinski definition) is 6. The standard InChI is InChI=1S/C15H21N5O/c1-3-7-17-13(9-11-6-8-18-14(16)10-11)12-4-5-15(21-2)20-19-12/h4-6,8,10,13,17H,3,7,9H2,1-2H3,(H2,16,18). The van der Waals surface area contributed by atoms with Crippen LogP contribution in [-0.2, 0) is 6.42 Å². The lowest BCUT2D eigenvalue weighted by molar-refractivity contribution is 0.389. The zero-order chi connectivity index (χ0) is 15.1. The highest BCUT2D eigenvalue weighted by atomic mass is 16.5. The number of nitrogens with one attached hydrogen (secondary N) is 1. The van der Waals surface area contributed by atoms with Crippen molar-refractivity contribution in [2.45, 2.75) is 25.8 Å². The van der Waals surface area contributed by atoms with Crippen molar-refractivity contribution in [1.29, 1.82) is 0 Å². The minimum atomic E-state index is 0.0881. The largest absolute Gasteiger partial charge is 0.480 e. The lowest BCUT2D eigenvalue weighted by Gasteiger charge is -2.18. The van der Waals surface area contributed by atoms with Gasteiger partial charge in [-0.2, -0.15) is 5.10 Å². The van der Waals surface area contributed by atoms with E-state index >= 15 is 0 Å². The zero-order valence-corrected chi connectivity index (χ0v) is 12.4. The summed E-state index contributed by atoms with van der Waals surface area (Å²) in [6, 6.07) is 7.70. The van der Waals surface area contributed by atoms with Crippen LogP contribution >= 0.6 is 0 Å². The van der Waals surface area contributed by atoms with E-state index in [1.165, 1.54) is 0 Å². The zero-order valence-electron chi connectivity index (χ0n) is 12.4. The summed E-state index contributed by atoms with van der Waals surface area (Å²) in [6.45, 7) is 3.05. The van der Waals surface area contributed by atoms with Crippen LogP contribution in [0.3, 0.4) is 0 Å². The highest BCUT2D eigenvalue weighted by Gasteiger charge is 2.14. The van der Waals surface area contributed by atoms with Gasteiger partial charge in [0, 0.05) is 12.3 Å². The maximum atomic E-state index is 5.73. The Balaban J connectivity index is 2.16. The van der Waals surface area contributed by atoms with E-state index in [0.717, 1.165) is 30.6 Å². The second-order valence-electron chi connectivity index (χ2n) is 4.80. The third-order valence-corrected chi connectivity index (χ3v) is 3.15. The molecule has 3 N–H and O–H groups in total. The Labute approximate surface area is 124 Å². The highest BCUT2D eigenvalue weighted by Crippen LogP contribution is 2.18. The summed E-state index contributed by atoms with van der Waals surface area (Å²) in [5.74, 6) is 1.05. The van der Waals surface area contributed by atoms with Gasteiger partial charge in [0.05, 0.1) is 18.8 Å². The van der Waals surface area contributed by atoms with E-state index in [2.05, 4.69) is 27.4 Å². The summed E-state index contributed by atoms with van der Waals surface area (Å²) in [5.41, 5.74) is 7.74. The molecule has 0 aromatic carbocycles. The Hall–Kier alpha value is -2.21. The molecule has 6 heteroatoms. The first-order valence-electron chi connectivity index (χ1n) is 7.04. The predicted molar refractivity (Wildman–Crippen MR) is 82.0 cm³/mol. The number of pyridine rings is 1. The van der Waals surface area contributed by atoms with Gasteiger partial charge >= 0.3 is 0 Å². The van der Waals surface area contributed by atoms with Crippen LogP contribution in [0.25, 0.3) is 0 Å². The third-order valence-electron chi connectivity index (χ3n) is 3.15. The maximum absolute atomic E-state index is 5.73. The summed E-state index contributed by atoms with van der Waals surface area (Å²) in [4.78, 5) is 4.02. The van der Waals surface area contributed by atoms with Gasteiger partial charge in [-0.25, -0.2) is 4.98 Å². The second kappa shape index (κ2) is 7.54. The molecule has 112 valence electrons. The average Bonchev–Trinajstić information content (AvgIpc) is 2.51. The monoisotopic (exact) mass is 287 g/mol. The van der Waals surface area contributed by atoms with Crippen LogP contribution in [0.5, 0.6) is 5.88 Å². The fourth-order valence-electron chi connectivity index (χ4n) is 2.08. The number of anilines is 1. The van der Waals surface area contributed by atoms with Crippen molar-refractivity contribution in [3.63, 3.8) is 0 Å². The lowest BCUT2D eigenvalue weighted by Crippen LogP contribution is -2.25. The fourth-order valence-corrected chi connectivity index (χ4v) is 2.08. The number of nitrogens with two attached hydrogens (primary N) is 1. The predicted octanol–water partition coefficient (Wildman–Crippen LogP) is 1.75. The molecule has 2 aromatic heterocycles. The average molecular weight is 287 g/mol. The molecule has 0 bridgehead atoms. The maximum Gasteiger partial charge on any atom is 0.233 e. The van der Waals surface area contributed by atoms with Crippen LogP contribution < -0.4 is 15.8 Å². The Morgan fingerprint density at radius 3 is 2.76 bits per heavy atom. The number of hydrogen-bond donors (Lipinski definition) is 2. The van der Waals surface area contributed by atoms with Gasteiger partial charge in [-0.05, 0) is 43.1 Å². The van der Waals surface area contributed by atoms with Crippen LogP contribution in [-0.4, -0.2) is 28.8 Å². The Kier molecular flexibility index (Phi) is 5.45. The van der Waals surface area contributed by atoms with Gasteiger partial charge in [0.1, 0.15) is 5.82 Å². The van der Waals surface area contributed by atoms with Gasteiger partial charge in [-0.1, -0.05) is 6.92 Å². The van der Waals surface area contributed by atoms with E-state index in [1.54, 1.807) is 13.3 Å². The molecular weight excluding hydrogens is 266 g/mol. The number of aromatic nitrogens is 3. The fraction of sp³-hybridized carbons (Fsp3) is 0.400. The number of rotatable bonds is 7. The van der Waals surface area contributed by atoms with E-state index in [0.29, 0.717) is 11.7 Å². The molecule has 2 rings (SSSR count). The molecule has 2 aromatic rings. The van der Waals surface area contributed by atoms with Crippen molar-refractivity contribution in [2.24, 2.45) is 0 Å². The normalized spacial score (nSPS) is 12.1. The van der Waals surface area contributed by atoms with Crippen LogP contribution in [0.4, 0.5) is 5.82 Å². The summed E-state index contributed by atoms with van der Waals surface area (Å²) in [5, 5.41) is 11.8. The smallest absolute Gasteiger partial charge is 0.233 e. The molecule has 0 saturated heterocycles. The third kappa shape index (κ3) is 4.39. The molecule has 1 atom stereocenters. The van der Waals surface area contributed by atoms with E-state index < -0.39 is 0 Å². The van der Waals surface area contributed by atoms with Crippen LogP contribution in [0.2, 0.25) is 0 Å². The van der Waals surface area contributed by atoms with E-state index in [4.69, 9.17) is 10.5 Å². The molecule has 0 aliphatic rings. The van der Waals surface area contributed by atoms with Gasteiger partial charge in [0.2, 0.25) is 5.88 Å². The first-order chi connectivity index (χ1) is 10.2. The number of nitrogens with zero attached hydrogens (tertiary/aromatic N) is 3. The Bertz CT molecular complexity index is 558. The second-order valence-corrected chi connectivity index (χ2v) is 4.80. The molecule has 1 unspecified atom stereocenters. The summed E-state index contributed by atoms with van der Waals surface area (Å²) in [7, 11) is 1.58. The SMILES string of the molecule is CCCNC(Cc1ccnc(N)c1)c1ccc(OC)nn1. The van der Waals surface area contributed by atoms with Crippen LogP contribution in [0.1, 0.15) is 30.6 Å². The van der Waals surface area contributed by atoms with Crippen molar-refractivity contribution < 1.29 is 4.74 Å². The van der Waals surface area contributed by atoms with Crippen molar-refractivity contribution in [3.8, 4) is 5.88 Å². The molecular formula is C15H21N5O. The topological polar surface area (TPSA) is 86.0 Å². The molecule has 0 radical (unpaired) electrons. The van der Waals surface area contributed by atoms with Gasteiger partial charge in [0.15, 0.2) is 0 Å². The molecule has 0 amide bonds. The van der Waals surface area contributed by atoms with E-state index in [1.807, 2.05) is 24.3 Å². The summed E-state index contributed by atoms with van der Waals surface area (Å²) in [6.07, 6.45) is 3.56. The minimum absolute atomic E-state index is 0.0881. The molecule has 0 aliphatic carbocycles. The van der Waals surface area contributed by atoms with Crippen molar-refractivity contribution in [3.05, 3.63) is 41.7 Å². The van der Waals surface area contributed by atoms with Gasteiger partial charge < -0.3 is 15.8 Å². The first kappa shape index (κ1) is 15.2. The van der Waals surface area contributed by atoms with E-state index in [-0.39, 0.29) is 6.04 Å². The molecule has 6 nitrogen and oxygen atoms in total.